The van der Waals surface area contributed by atoms with E-state index in [1.165, 1.54) is 11.3 Å². The predicted molar refractivity (Wildman–Crippen MR) is 129 cm³/mol. The number of methoxy groups -OCH3 is 1. The molecule has 0 aliphatic carbocycles. The van der Waals surface area contributed by atoms with Gasteiger partial charge < -0.3 is 18.9 Å². The van der Waals surface area contributed by atoms with Crippen molar-refractivity contribution in [3.8, 4) is 11.5 Å². The Morgan fingerprint density at radius 2 is 1.94 bits per heavy atom. The minimum atomic E-state index is 0.523. The monoisotopic (exact) mass is 425 g/mol. The lowest BCUT2D eigenvalue weighted by atomic mass is 10.0. The molecule has 0 N–H and O–H groups in total. The third kappa shape index (κ3) is 3.94. The van der Waals surface area contributed by atoms with Gasteiger partial charge in [0.2, 0.25) is 0 Å². The second-order valence-corrected chi connectivity index (χ2v) is 8.09. The van der Waals surface area contributed by atoms with Crippen molar-refractivity contribution < 1.29 is 9.47 Å². The van der Waals surface area contributed by atoms with E-state index in [1.807, 2.05) is 37.5 Å². The second kappa shape index (κ2) is 8.79. The van der Waals surface area contributed by atoms with Crippen LogP contribution in [0.15, 0.2) is 73.2 Å². The van der Waals surface area contributed by atoms with Crippen LogP contribution in [0, 0.1) is 0 Å². The second-order valence-electron chi connectivity index (χ2n) is 8.09. The predicted octanol–water partition coefficient (Wildman–Crippen LogP) is 5.58. The molecule has 5 heteroatoms. The number of ether oxygens (including phenoxy) is 2. The molecule has 0 spiro atoms. The molecule has 5 nitrogen and oxygen atoms in total. The minimum absolute atomic E-state index is 0.523. The van der Waals surface area contributed by atoms with Gasteiger partial charge in [0.1, 0.15) is 12.3 Å². The van der Waals surface area contributed by atoms with E-state index in [0.29, 0.717) is 6.61 Å². The number of rotatable bonds is 6. The summed E-state index contributed by atoms with van der Waals surface area (Å²) in [5, 5.41) is 1.16. The van der Waals surface area contributed by atoms with Crippen LogP contribution in [0.5, 0.6) is 11.5 Å². The normalized spacial score (nSPS) is 13.5. The Hall–Kier alpha value is -3.73. The molecule has 0 radical (unpaired) electrons. The van der Waals surface area contributed by atoms with Crippen molar-refractivity contribution in [1.82, 2.24) is 9.55 Å². The van der Waals surface area contributed by atoms with Crippen molar-refractivity contribution in [1.29, 1.82) is 0 Å². The van der Waals surface area contributed by atoms with Gasteiger partial charge in [0.05, 0.1) is 7.11 Å². The molecule has 2 aromatic heterocycles. The van der Waals surface area contributed by atoms with Gasteiger partial charge in [0.15, 0.2) is 11.5 Å². The maximum atomic E-state index is 6.12. The molecule has 1 aliphatic heterocycles. The zero-order valence-corrected chi connectivity index (χ0v) is 18.5. The molecule has 5 rings (SSSR count). The van der Waals surface area contributed by atoms with E-state index in [0.717, 1.165) is 53.0 Å². The van der Waals surface area contributed by atoms with E-state index in [9.17, 15) is 0 Å². The van der Waals surface area contributed by atoms with Crippen LogP contribution in [0.3, 0.4) is 0 Å². The van der Waals surface area contributed by atoms with Gasteiger partial charge >= 0.3 is 0 Å². The molecule has 0 saturated carbocycles. The van der Waals surface area contributed by atoms with E-state index in [4.69, 9.17) is 9.47 Å². The van der Waals surface area contributed by atoms with Crippen molar-refractivity contribution in [2.75, 3.05) is 18.6 Å². The molecule has 0 atom stereocenters. The number of aromatic nitrogens is 2. The molecule has 1 aliphatic rings. The molecule has 0 saturated heterocycles. The van der Waals surface area contributed by atoms with Gasteiger partial charge in [-0.3, -0.25) is 0 Å². The maximum absolute atomic E-state index is 6.12. The first-order valence-corrected chi connectivity index (χ1v) is 11.0. The Morgan fingerprint density at radius 3 is 2.78 bits per heavy atom. The highest BCUT2D eigenvalue weighted by molar-refractivity contribution is 5.87. The Morgan fingerprint density at radius 1 is 1.06 bits per heavy atom. The fraction of sp³-hybridized carbons (Fsp3) is 0.222. The smallest absolute Gasteiger partial charge is 0.162 e. The number of hydrogen-bond acceptors (Lipinski definition) is 4. The zero-order chi connectivity index (χ0) is 21.9. The van der Waals surface area contributed by atoms with E-state index in [-0.39, 0.29) is 0 Å². The van der Waals surface area contributed by atoms with Crippen molar-refractivity contribution in [2.24, 2.45) is 7.05 Å². The first-order valence-electron chi connectivity index (χ1n) is 11.0. The van der Waals surface area contributed by atoms with Crippen LogP contribution in [0.4, 0.5) is 5.69 Å². The zero-order valence-electron chi connectivity index (χ0n) is 18.5. The summed E-state index contributed by atoms with van der Waals surface area (Å²) in [6.45, 7) is 1.49. The lowest BCUT2D eigenvalue weighted by Gasteiger charge is -2.29. The number of benzene rings is 2. The fourth-order valence-electron chi connectivity index (χ4n) is 4.33. The minimum Gasteiger partial charge on any atom is -0.493 e. The van der Waals surface area contributed by atoms with Crippen LogP contribution < -0.4 is 14.4 Å². The standard InChI is InChI=1S/C27H27N3O2/c1-29-18-22(23-11-6-13-28-27(23)29)12-15-30-14-7-10-21-16-26(25(31-2)17-24(21)30)32-19-20-8-4-3-5-9-20/h3-6,8-9,11-13,15-18H,7,10,14,19H2,1-2H3/b15-12+. The average molecular weight is 426 g/mol. The van der Waals surface area contributed by atoms with Gasteiger partial charge in [-0.15, -0.1) is 0 Å². The Kier molecular flexibility index (Phi) is 5.55. The van der Waals surface area contributed by atoms with Gasteiger partial charge in [-0.2, -0.15) is 0 Å². The van der Waals surface area contributed by atoms with Crippen LogP contribution in [0.2, 0.25) is 0 Å². The van der Waals surface area contributed by atoms with Crippen LogP contribution in [0.1, 0.15) is 23.1 Å². The summed E-state index contributed by atoms with van der Waals surface area (Å²) in [6, 6.07) is 18.5. The Bertz CT molecular complexity index is 1260. The van der Waals surface area contributed by atoms with Crippen molar-refractivity contribution in [3.63, 3.8) is 0 Å². The maximum Gasteiger partial charge on any atom is 0.162 e. The highest BCUT2D eigenvalue weighted by atomic mass is 16.5. The number of pyridine rings is 1. The van der Waals surface area contributed by atoms with E-state index >= 15 is 0 Å². The highest BCUT2D eigenvalue weighted by Crippen LogP contribution is 2.38. The summed E-state index contributed by atoms with van der Waals surface area (Å²) in [5.41, 5.74) is 5.76. The quantitative estimate of drug-likeness (QED) is 0.404. The molecular formula is C27H27N3O2. The third-order valence-electron chi connectivity index (χ3n) is 5.96. The summed E-state index contributed by atoms with van der Waals surface area (Å²) >= 11 is 0. The summed E-state index contributed by atoms with van der Waals surface area (Å²) < 4.78 is 13.9. The van der Waals surface area contributed by atoms with Gasteiger partial charge in [0.25, 0.3) is 0 Å². The third-order valence-corrected chi connectivity index (χ3v) is 5.96. The van der Waals surface area contributed by atoms with Gasteiger partial charge in [0, 0.05) is 54.9 Å². The molecule has 4 aromatic rings. The number of fused-ring (bicyclic) bond motifs is 2. The number of nitrogens with zero attached hydrogens (tertiary/aromatic N) is 3. The largest absolute Gasteiger partial charge is 0.493 e. The highest BCUT2D eigenvalue weighted by Gasteiger charge is 2.19. The summed E-state index contributed by atoms with van der Waals surface area (Å²) in [5.74, 6) is 1.55. The van der Waals surface area contributed by atoms with Crippen molar-refractivity contribution in [3.05, 3.63) is 89.9 Å². The molecule has 0 bridgehead atoms. The van der Waals surface area contributed by atoms with Gasteiger partial charge in [-0.25, -0.2) is 4.98 Å². The van der Waals surface area contributed by atoms with Gasteiger partial charge in [-0.1, -0.05) is 30.3 Å². The first kappa shape index (κ1) is 20.2. The number of aryl methyl sites for hydroxylation is 2. The Labute approximate surface area is 188 Å². The van der Waals surface area contributed by atoms with Crippen LogP contribution >= 0.6 is 0 Å². The van der Waals surface area contributed by atoms with Crippen LogP contribution in [-0.2, 0) is 20.1 Å². The summed E-state index contributed by atoms with van der Waals surface area (Å²) in [6.07, 6.45) is 10.4. The molecule has 0 fully saturated rings. The molecule has 0 unspecified atom stereocenters. The van der Waals surface area contributed by atoms with Crippen molar-refractivity contribution >= 4 is 22.8 Å². The topological polar surface area (TPSA) is 39.5 Å². The van der Waals surface area contributed by atoms with Crippen LogP contribution in [0.25, 0.3) is 17.1 Å². The van der Waals surface area contributed by atoms with Gasteiger partial charge in [-0.05, 0) is 48.2 Å². The average Bonchev–Trinajstić information content (AvgIpc) is 3.17. The molecule has 0 amide bonds. The van der Waals surface area contributed by atoms with E-state index in [2.05, 4.69) is 63.3 Å². The van der Waals surface area contributed by atoms with Crippen molar-refractivity contribution in [2.45, 2.75) is 19.4 Å². The molecule has 2 aromatic carbocycles. The number of anilines is 1. The Balaban J connectivity index is 1.42. The fourth-order valence-corrected chi connectivity index (χ4v) is 4.33. The molecular weight excluding hydrogens is 398 g/mol. The lowest BCUT2D eigenvalue weighted by molar-refractivity contribution is 0.284. The van der Waals surface area contributed by atoms with Crippen LogP contribution in [-0.4, -0.2) is 23.2 Å². The molecule has 32 heavy (non-hydrogen) atoms. The molecule has 162 valence electrons. The first-order chi connectivity index (χ1) is 15.7. The van der Waals surface area contributed by atoms with E-state index in [1.54, 1.807) is 7.11 Å². The molecule has 3 heterocycles. The summed E-state index contributed by atoms with van der Waals surface area (Å²) in [7, 11) is 3.73. The summed E-state index contributed by atoms with van der Waals surface area (Å²) in [4.78, 5) is 6.79. The SMILES string of the molecule is COc1cc2c(cc1OCc1ccccc1)CCCN2/C=C/c1cn(C)c2ncccc12. The lowest BCUT2D eigenvalue weighted by Crippen LogP contribution is -2.23. The number of hydrogen-bond donors (Lipinski definition) is 0. The van der Waals surface area contributed by atoms with E-state index < -0.39 is 0 Å².